The highest BCUT2D eigenvalue weighted by Gasteiger charge is 2.21. The van der Waals surface area contributed by atoms with Crippen LogP contribution in [0.5, 0.6) is 0 Å². The van der Waals surface area contributed by atoms with Crippen LogP contribution in [0.25, 0.3) is 0 Å². The lowest BCUT2D eigenvalue weighted by Gasteiger charge is -2.30. The summed E-state index contributed by atoms with van der Waals surface area (Å²) < 4.78 is 1.78. The molecule has 0 radical (unpaired) electrons. The van der Waals surface area contributed by atoms with Crippen LogP contribution in [0.4, 0.5) is 0 Å². The predicted octanol–water partition coefficient (Wildman–Crippen LogP) is -0.116. The third-order valence-electron chi connectivity index (χ3n) is 4.47. The topological polar surface area (TPSA) is 75.1 Å². The van der Waals surface area contributed by atoms with Crippen molar-refractivity contribution in [3.63, 3.8) is 0 Å². The number of hydrogen-bond donors (Lipinski definition) is 2. The van der Waals surface area contributed by atoms with Crippen LogP contribution in [0.3, 0.4) is 0 Å². The van der Waals surface area contributed by atoms with Gasteiger partial charge >= 0.3 is 0 Å². The van der Waals surface area contributed by atoms with E-state index in [1.54, 1.807) is 10.9 Å². The molecule has 21 heavy (non-hydrogen) atoms. The van der Waals surface area contributed by atoms with E-state index in [2.05, 4.69) is 32.8 Å². The van der Waals surface area contributed by atoms with Crippen molar-refractivity contribution >= 4 is 5.91 Å². The molecule has 0 spiro atoms. The van der Waals surface area contributed by atoms with Gasteiger partial charge in [-0.1, -0.05) is 12.1 Å². The van der Waals surface area contributed by atoms with E-state index >= 15 is 0 Å². The maximum atomic E-state index is 12.0. The van der Waals surface area contributed by atoms with Crippen molar-refractivity contribution in [2.75, 3.05) is 39.3 Å². The van der Waals surface area contributed by atoms with E-state index in [1.807, 2.05) is 0 Å². The molecule has 0 aromatic carbocycles. The average molecular weight is 292 g/mol. The van der Waals surface area contributed by atoms with Gasteiger partial charge in [-0.3, -0.25) is 4.79 Å². The van der Waals surface area contributed by atoms with E-state index in [0.29, 0.717) is 18.3 Å². The summed E-state index contributed by atoms with van der Waals surface area (Å²) in [6.07, 6.45) is 4.26. The summed E-state index contributed by atoms with van der Waals surface area (Å²) in [6.45, 7) is 7.98. The molecule has 2 aliphatic rings. The Morgan fingerprint density at radius 1 is 1.43 bits per heavy atom. The number of carbonyl (C=O) groups is 1. The van der Waals surface area contributed by atoms with Gasteiger partial charge in [0.05, 0.1) is 12.2 Å². The minimum atomic E-state index is -0.126. The smallest absolute Gasteiger partial charge is 0.273 e. The Morgan fingerprint density at radius 3 is 2.86 bits per heavy atom. The molecule has 0 aliphatic carbocycles. The molecule has 1 amide bonds. The minimum Gasteiger partial charge on any atom is -0.349 e. The number of likely N-dealkylation sites (tertiary alicyclic amines) is 1. The van der Waals surface area contributed by atoms with Crippen molar-refractivity contribution in [1.82, 2.24) is 30.5 Å². The Kier molecular flexibility index (Phi) is 4.50. The van der Waals surface area contributed by atoms with Crippen LogP contribution >= 0.6 is 0 Å². The number of piperidine rings is 1. The Labute approximate surface area is 125 Å². The number of nitrogens with one attached hydrogen (secondary N) is 2. The van der Waals surface area contributed by atoms with Crippen LogP contribution < -0.4 is 10.6 Å². The van der Waals surface area contributed by atoms with Crippen LogP contribution in [0, 0.1) is 5.92 Å². The Hall–Kier alpha value is -1.47. The number of hydrogen-bond acceptors (Lipinski definition) is 5. The summed E-state index contributed by atoms with van der Waals surface area (Å²) in [5.41, 5.74) is 0.411. The number of rotatable bonds is 5. The zero-order valence-corrected chi connectivity index (χ0v) is 12.6. The third-order valence-corrected chi connectivity index (χ3v) is 4.47. The fourth-order valence-electron chi connectivity index (χ4n) is 2.72. The molecule has 7 heteroatoms. The number of carbonyl (C=O) groups excluding carboxylic acids is 1. The Bertz CT molecular complexity index is 476. The van der Waals surface area contributed by atoms with Crippen molar-refractivity contribution in [3.05, 3.63) is 11.9 Å². The van der Waals surface area contributed by atoms with Gasteiger partial charge in [0.15, 0.2) is 5.69 Å². The van der Waals surface area contributed by atoms with E-state index in [4.69, 9.17) is 0 Å². The standard InChI is InChI=1S/C14H24N6O/c1-11-2-5-19(6-3-11)7-4-16-14(21)13-10-20(18-17-13)12-8-15-9-12/h10-12,15H,2-9H2,1H3,(H,16,21). The van der Waals surface area contributed by atoms with Gasteiger partial charge in [-0.2, -0.15) is 0 Å². The average Bonchev–Trinajstić information content (AvgIpc) is 2.88. The molecular weight excluding hydrogens is 268 g/mol. The van der Waals surface area contributed by atoms with Gasteiger partial charge in [0.25, 0.3) is 5.91 Å². The second kappa shape index (κ2) is 6.53. The lowest BCUT2D eigenvalue weighted by Crippen LogP contribution is -2.43. The normalized spacial score (nSPS) is 21.2. The molecular formula is C14H24N6O. The van der Waals surface area contributed by atoms with Gasteiger partial charge < -0.3 is 15.5 Å². The van der Waals surface area contributed by atoms with Crippen LogP contribution in [-0.4, -0.2) is 65.1 Å². The number of amides is 1. The zero-order valence-electron chi connectivity index (χ0n) is 12.6. The SMILES string of the molecule is CC1CCN(CCNC(=O)c2cn(C3CNC3)nn2)CC1. The van der Waals surface area contributed by atoms with Crippen molar-refractivity contribution < 1.29 is 4.79 Å². The first-order valence-electron chi connectivity index (χ1n) is 7.85. The quantitative estimate of drug-likeness (QED) is 0.792. The Morgan fingerprint density at radius 2 is 2.19 bits per heavy atom. The molecule has 0 saturated carbocycles. The van der Waals surface area contributed by atoms with Gasteiger partial charge in [-0.25, -0.2) is 4.68 Å². The third kappa shape index (κ3) is 3.59. The maximum absolute atomic E-state index is 12.0. The molecule has 2 aliphatic heterocycles. The van der Waals surface area contributed by atoms with Crippen molar-refractivity contribution in [3.8, 4) is 0 Å². The number of nitrogens with zero attached hydrogens (tertiary/aromatic N) is 4. The van der Waals surface area contributed by atoms with E-state index < -0.39 is 0 Å². The van der Waals surface area contributed by atoms with E-state index in [9.17, 15) is 4.79 Å². The van der Waals surface area contributed by atoms with Crippen LogP contribution in [0.15, 0.2) is 6.20 Å². The summed E-state index contributed by atoms with van der Waals surface area (Å²) in [5, 5.41) is 14.1. The first-order valence-corrected chi connectivity index (χ1v) is 7.85. The molecule has 0 unspecified atom stereocenters. The zero-order chi connectivity index (χ0) is 14.7. The van der Waals surface area contributed by atoms with Crippen LogP contribution in [0.1, 0.15) is 36.3 Å². The lowest BCUT2D eigenvalue weighted by atomic mass is 9.99. The van der Waals surface area contributed by atoms with Crippen LogP contribution in [0.2, 0.25) is 0 Å². The molecule has 0 atom stereocenters. The summed E-state index contributed by atoms with van der Waals surface area (Å²) >= 11 is 0. The number of aromatic nitrogens is 3. The molecule has 3 rings (SSSR count). The van der Waals surface area contributed by atoms with Crippen molar-refractivity contribution in [2.24, 2.45) is 5.92 Å². The fraction of sp³-hybridized carbons (Fsp3) is 0.786. The minimum absolute atomic E-state index is 0.126. The first-order chi connectivity index (χ1) is 10.2. The summed E-state index contributed by atoms with van der Waals surface area (Å²) in [6, 6.07) is 0.342. The molecule has 116 valence electrons. The molecule has 7 nitrogen and oxygen atoms in total. The summed E-state index contributed by atoms with van der Waals surface area (Å²) in [7, 11) is 0. The highest BCUT2D eigenvalue weighted by molar-refractivity contribution is 5.91. The van der Waals surface area contributed by atoms with Gasteiger partial charge in [-0.15, -0.1) is 5.10 Å². The fourth-order valence-corrected chi connectivity index (χ4v) is 2.72. The lowest BCUT2D eigenvalue weighted by molar-refractivity contribution is 0.0939. The first kappa shape index (κ1) is 14.5. The highest BCUT2D eigenvalue weighted by Crippen LogP contribution is 2.15. The van der Waals surface area contributed by atoms with Crippen molar-refractivity contribution in [2.45, 2.75) is 25.8 Å². The molecule has 0 bridgehead atoms. The monoisotopic (exact) mass is 292 g/mol. The second-order valence-electron chi connectivity index (χ2n) is 6.18. The highest BCUT2D eigenvalue weighted by atomic mass is 16.2. The second-order valence-corrected chi connectivity index (χ2v) is 6.18. The molecule has 2 N–H and O–H groups in total. The molecule has 2 fully saturated rings. The molecule has 1 aromatic heterocycles. The van der Waals surface area contributed by atoms with Crippen molar-refractivity contribution in [1.29, 1.82) is 0 Å². The van der Waals surface area contributed by atoms with Gasteiger partial charge in [0, 0.05) is 26.2 Å². The van der Waals surface area contributed by atoms with Gasteiger partial charge in [-0.05, 0) is 31.8 Å². The maximum Gasteiger partial charge on any atom is 0.273 e. The van der Waals surface area contributed by atoms with E-state index in [0.717, 1.165) is 38.6 Å². The van der Waals surface area contributed by atoms with Gasteiger partial charge in [0.2, 0.25) is 0 Å². The largest absolute Gasteiger partial charge is 0.349 e. The van der Waals surface area contributed by atoms with E-state index in [1.165, 1.54) is 12.8 Å². The Balaban J connectivity index is 1.40. The molecule has 3 heterocycles. The molecule has 1 aromatic rings. The summed E-state index contributed by atoms with van der Waals surface area (Å²) in [4.78, 5) is 14.4. The molecule has 2 saturated heterocycles. The van der Waals surface area contributed by atoms with Crippen LogP contribution in [-0.2, 0) is 0 Å². The predicted molar refractivity (Wildman–Crippen MR) is 79.1 cm³/mol. The summed E-state index contributed by atoms with van der Waals surface area (Å²) in [5.74, 6) is 0.714. The van der Waals surface area contributed by atoms with Gasteiger partial charge in [0.1, 0.15) is 0 Å². The van der Waals surface area contributed by atoms with E-state index in [-0.39, 0.29) is 5.91 Å².